The fraction of sp³-hybridized carbons (Fsp3) is 0.429. The Kier molecular flexibility index (Phi) is 8.79. The molecule has 3 N–H and O–H groups in total. The predicted octanol–water partition coefficient (Wildman–Crippen LogP) is 4.79. The molecule has 2 aromatic carbocycles. The number of ether oxygens (including phenoxy) is 1. The summed E-state index contributed by atoms with van der Waals surface area (Å²) in [7, 11) is 0. The third kappa shape index (κ3) is 7.75. The number of rotatable bonds is 8. The quantitative estimate of drug-likeness (QED) is 0.381. The van der Waals surface area contributed by atoms with Crippen LogP contribution in [0.15, 0.2) is 36.4 Å². The lowest BCUT2D eigenvalue weighted by molar-refractivity contribution is -0.117. The van der Waals surface area contributed by atoms with Gasteiger partial charge in [0.1, 0.15) is 5.82 Å². The number of aromatic nitrogens is 2. The van der Waals surface area contributed by atoms with Crippen molar-refractivity contribution in [2.24, 2.45) is 5.41 Å². The third-order valence-electron chi connectivity index (χ3n) is 6.25. The summed E-state index contributed by atoms with van der Waals surface area (Å²) in [5, 5.41) is 17.1. The Balaban J connectivity index is 1.53. The molecule has 10 nitrogen and oxygen atoms in total. The van der Waals surface area contributed by atoms with Crippen LogP contribution in [0.4, 0.5) is 26.5 Å². The lowest BCUT2D eigenvalue weighted by Crippen LogP contribution is -2.37. The molecule has 4 rings (SSSR count). The molecule has 0 saturated carbocycles. The Morgan fingerprint density at radius 1 is 1.08 bits per heavy atom. The number of amides is 3. The smallest absolute Gasteiger partial charge is 0.326 e. The number of fused-ring (bicyclic) bond motifs is 1. The van der Waals surface area contributed by atoms with Crippen molar-refractivity contribution in [3.05, 3.63) is 47.8 Å². The molecule has 3 aromatic rings. The highest BCUT2D eigenvalue weighted by molar-refractivity contribution is 6.00. The lowest BCUT2D eigenvalue weighted by Gasteiger charge is -2.26. The van der Waals surface area contributed by atoms with Gasteiger partial charge in [-0.15, -0.1) is 0 Å². The number of anilines is 3. The normalized spacial score (nSPS) is 14.1. The Hall–Kier alpha value is -4.01. The first-order chi connectivity index (χ1) is 18.6. The molecule has 0 spiro atoms. The number of carbonyl (C=O) groups excluding carboxylic acids is 2. The minimum Gasteiger partial charge on any atom is -0.379 e. The Morgan fingerprint density at radius 3 is 2.54 bits per heavy atom. The van der Waals surface area contributed by atoms with E-state index in [2.05, 4.69) is 25.8 Å². The van der Waals surface area contributed by atoms with Gasteiger partial charge in [-0.1, -0.05) is 20.8 Å². The van der Waals surface area contributed by atoms with Crippen LogP contribution >= 0.6 is 0 Å². The Bertz CT molecular complexity index is 1380. The Morgan fingerprint density at radius 2 is 1.85 bits per heavy atom. The first kappa shape index (κ1) is 28.0. The van der Waals surface area contributed by atoms with Gasteiger partial charge in [-0.3, -0.25) is 15.0 Å². The monoisotopic (exact) mass is 535 g/mol. The van der Waals surface area contributed by atoms with Crippen molar-refractivity contribution in [1.29, 1.82) is 5.26 Å². The van der Waals surface area contributed by atoms with Crippen LogP contribution < -0.4 is 16.0 Å². The standard InChI is InChI=1S/C28H34FN7O3/c1-28(2,3)17-25(37)31-20-6-8-24-23(16-20)32-26(36(24)10-4-9-35-11-13-39-14-12-35)34-27(38)33-22-7-5-19(18-30)15-21(22)29/h5-8,15-16H,4,9-14,17H2,1-3H3,(H,31,37)(H2,32,33,34,38). The van der Waals surface area contributed by atoms with E-state index < -0.39 is 11.8 Å². The fourth-order valence-electron chi connectivity index (χ4n) is 4.43. The number of benzene rings is 2. The largest absolute Gasteiger partial charge is 0.379 e. The number of carbonyl (C=O) groups is 2. The van der Waals surface area contributed by atoms with Gasteiger partial charge in [0.25, 0.3) is 0 Å². The molecule has 0 atom stereocenters. The van der Waals surface area contributed by atoms with E-state index in [9.17, 15) is 14.0 Å². The van der Waals surface area contributed by atoms with Crippen LogP contribution in [-0.2, 0) is 16.1 Å². The van der Waals surface area contributed by atoms with Crippen molar-refractivity contribution < 1.29 is 18.7 Å². The van der Waals surface area contributed by atoms with E-state index in [-0.39, 0.29) is 22.6 Å². The SMILES string of the molecule is CC(C)(C)CC(=O)Nc1ccc2c(c1)nc(NC(=O)Nc1ccc(C#N)cc1F)n2CCCN1CCOCC1. The topological polar surface area (TPSA) is 124 Å². The molecule has 0 unspecified atom stereocenters. The average molecular weight is 536 g/mol. The van der Waals surface area contributed by atoms with Crippen LogP contribution in [0.5, 0.6) is 0 Å². The molecule has 2 heterocycles. The number of hydrogen-bond donors (Lipinski definition) is 3. The van der Waals surface area contributed by atoms with E-state index in [4.69, 9.17) is 10.00 Å². The van der Waals surface area contributed by atoms with Crippen molar-refractivity contribution in [3.8, 4) is 6.07 Å². The van der Waals surface area contributed by atoms with Crippen molar-refractivity contribution in [3.63, 3.8) is 0 Å². The number of halogens is 1. The number of aryl methyl sites for hydroxylation is 1. The maximum atomic E-state index is 14.3. The minimum atomic E-state index is -0.709. The number of hydrogen-bond acceptors (Lipinski definition) is 6. The highest BCUT2D eigenvalue weighted by Crippen LogP contribution is 2.26. The van der Waals surface area contributed by atoms with Crippen molar-refractivity contribution in [1.82, 2.24) is 14.5 Å². The van der Waals surface area contributed by atoms with Gasteiger partial charge in [0.05, 0.1) is 41.6 Å². The zero-order chi connectivity index (χ0) is 28.0. The van der Waals surface area contributed by atoms with Crippen LogP contribution in [0.25, 0.3) is 11.0 Å². The van der Waals surface area contributed by atoms with Gasteiger partial charge in [0.15, 0.2) is 0 Å². The van der Waals surface area contributed by atoms with E-state index in [1.165, 1.54) is 12.1 Å². The van der Waals surface area contributed by atoms with Gasteiger partial charge in [-0.2, -0.15) is 5.26 Å². The molecule has 1 saturated heterocycles. The van der Waals surface area contributed by atoms with E-state index in [0.29, 0.717) is 30.1 Å². The van der Waals surface area contributed by atoms with Crippen LogP contribution in [0.1, 0.15) is 39.2 Å². The molecule has 1 aliphatic rings. The number of nitrogens with zero attached hydrogens (tertiary/aromatic N) is 4. The molecular formula is C28H34FN7O3. The highest BCUT2D eigenvalue weighted by Gasteiger charge is 2.19. The second kappa shape index (κ2) is 12.2. The number of morpholine rings is 1. The summed E-state index contributed by atoms with van der Waals surface area (Å²) < 4.78 is 21.6. The Labute approximate surface area is 227 Å². The van der Waals surface area contributed by atoms with E-state index in [1.54, 1.807) is 6.07 Å². The van der Waals surface area contributed by atoms with Crippen molar-refractivity contribution in [2.75, 3.05) is 48.8 Å². The van der Waals surface area contributed by atoms with Crippen molar-refractivity contribution >= 4 is 40.3 Å². The molecule has 39 heavy (non-hydrogen) atoms. The van der Waals surface area contributed by atoms with E-state index >= 15 is 0 Å². The summed E-state index contributed by atoms with van der Waals surface area (Å²) in [4.78, 5) is 32.2. The number of nitrogens with one attached hydrogen (secondary N) is 3. The maximum Gasteiger partial charge on any atom is 0.326 e. The molecule has 0 bridgehead atoms. The minimum absolute atomic E-state index is 0.0506. The summed E-state index contributed by atoms with van der Waals surface area (Å²) in [6, 6.07) is 10.5. The van der Waals surface area contributed by atoms with Gasteiger partial charge >= 0.3 is 6.03 Å². The molecule has 1 aliphatic heterocycles. The molecular weight excluding hydrogens is 501 g/mol. The summed E-state index contributed by atoms with van der Waals surface area (Å²) in [5.74, 6) is -0.496. The second-order valence-corrected chi connectivity index (χ2v) is 10.8. The van der Waals surface area contributed by atoms with Crippen LogP contribution in [0.2, 0.25) is 0 Å². The molecule has 3 amide bonds. The van der Waals surface area contributed by atoms with Gasteiger partial charge in [0.2, 0.25) is 11.9 Å². The summed E-state index contributed by atoms with van der Waals surface area (Å²) in [6.07, 6.45) is 1.19. The molecule has 206 valence electrons. The van der Waals surface area contributed by atoms with Crippen LogP contribution in [0.3, 0.4) is 0 Å². The molecule has 11 heteroatoms. The molecule has 1 aromatic heterocycles. The predicted molar refractivity (Wildman–Crippen MR) is 148 cm³/mol. The lowest BCUT2D eigenvalue weighted by atomic mass is 9.92. The second-order valence-electron chi connectivity index (χ2n) is 10.8. The molecule has 0 radical (unpaired) electrons. The maximum absolute atomic E-state index is 14.3. The first-order valence-corrected chi connectivity index (χ1v) is 13.0. The highest BCUT2D eigenvalue weighted by atomic mass is 19.1. The zero-order valence-corrected chi connectivity index (χ0v) is 22.5. The molecule has 0 aliphatic carbocycles. The van der Waals surface area contributed by atoms with Gasteiger partial charge in [0, 0.05) is 38.3 Å². The first-order valence-electron chi connectivity index (χ1n) is 13.0. The molecule has 1 fully saturated rings. The van der Waals surface area contributed by atoms with Gasteiger partial charge < -0.3 is 19.9 Å². The van der Waals surface area contributed by atoms with Crippen LogP contribution in [-0.4, -0.2) is 59.2 Å². The fourth-order valence-corrected chi connectivity index (χ4v) is 4.43. The summed E-state index contributed by atoms with van der Waals surface area (Å²) in [5.41, 5.74) is 1.98. The average Bonchev–Trinajstić information content (AvgIpc) is 3.20. The van der Waals surface area contributed by atoms with Crippen LogP contribution in [0, 0.1) is 22.6 Å². The zero-order valence-electron chi connectivity index (χ0n) is 22.5. The van der Waals surface area contributed by atoms with E-state index in [0.717, 1.165) is 50.9 Å². The third-order valence-corrected chi connectivity index (χ3v) is 6.25. The number of nitriles is 1. The number of imidazole rings is 1. The summed E-state index contributed by atoms with van der Waals surface area (Å²) >= 11 is 0. The van der Waals surface area contributed by atoms with Gasteiger partial charge in [-0.25, -0.2) is 14.2 Å². The summed E-state index contributed by atoms with van der Waals surface area (Å²) in [6.45, 7) is 10.7. The van der Waals surface area contributed by atoms with E-state index in [1.807, 2.05) is 43.5 Å². The van der Waals surface area contributed by atoms with Gasteiger partial charge in [-0.05, 0) is 48.2 Å². The number of urea groups is 1. The van der Waals surface area contributed by atoms with Crippen molar-refractivity contribution in [2.45, 2.75) is 40.2 Å².